The van der Waals surface area contributed by atoms with Gasteiger partial charge in [-0.15, -0.1) is 11.3 Å². The van der Waals surface area contributed by atoms with Crippen molar-refractivity contribution >= 4 is 29.0 Å². The van der Waals surface area contributed by atoms with E-state index in [1.165, 1.54) is 11.8 Å². The number of hydrogen-bond donors (Lipinski definition) is 3. The maximum absolute atomic E-state index is 14.0. The number of nitrogens with one attached hydrogen (secondary N) is 2. The number of aliphatic hydroxyl groups excluding tert-OH is 1. The second-order valence-corrected chi connectivity index (χ2v) is 9.61. The zero-order valence-corrected chi connectivity index (χ0v) is 20.5. The third kappa shape index (κ3) is 6.09. The van der Waals surface area contributed by atoms with Crippen LogP contribution in [0.15, 0.2) is 12.3 Å². The summed E-state index contributed by atoms with van der Waals surface area (Å²) in [6.07, 6.45) is -5.30. The molecule has 0 aliphatic carbocycles. The van der Waals surface area contributed by atoms with Crippen molar-refractivity contribution in [1.82, 2.24) is 20.2 Å². The minimum atomic E-state index is -4.62. The molecule has 198 valence electrons. The van der Waals surface area contributed by atoms with Crippen LogP contribution in [0.2, 0.25) is 0 Å². The molecular formula is C22H26F5N5O3S. The summed E-state index contributed by atoms with van der Waals surface area (Å²) in [5.41, 5.74) is -1.09. The molecule has 0 bridgehead atoms. The lowest BCUT2D eigenvalue weighted by atomic mass is 10.1. The van der Waals surface area contributed by atoms with E-state index in [-0.39, 0.29) is 33.8 Å². The summed E-state index contributed by atoms with van der Waals surface area (Å²) in [6.45, 7) is 4.27. The molecule has 3 unspecified atom stereocenters. The zero-order valence-electron chi connectivity index (χ0n) is 19.7. The number of amides is 2. The van der Waals surface area contributed by atoms with Crippen molar-refractivity contribution in [3.05, 3.63) is 28.5 Å². The molecule has 3 rings (SSSR count). The Morgan fingerprint density at radius 2 is 2.00 bits per heavy atom. The summed E-state index contributed by atoms with van der Waals surface area (Å²) < 4.78 is 66.8. The Labute approximate surface area is 207 Å². The number of carbonyl (C=O) groups excluding carboxylic acids is 2. The number of aliphatic hydroxyl groups is 1. The highest BCUT2D eigenvalue weighted by Gasteiger charge is 2.37. The maximum Gasteiger partial charge on any atom is 0.408 e. The van der Waals surface area contributed by atoms with Crippen molar-refractivity contribution in [3.8, 4) is 10.4 Å². The maximum atomic E-state index is 14.0. The molecule has 2 aromatic rings. The third-order valence-corrected chi connectivity index (χ3v) is 6.85. The molecule has 1 saturated heterocycles. The van der Waals surface area contributed by atoms with E-state index in [9.17, 15) is 36.6 Å². The molecule has 8 nitrogen and oxygen atoms in total. The summed E-state index contributed by atoms with van der Waals surface area (Å²) in [6, 6.07) is -1.99. The second-order valence-electron chi connectivity index (χ2n) is 8.61. The first-order valence-electron chi connectivity index (χ1n) is 11.2. The normalized spacial score (nSPS) is 17.8. The van der Waals surface area contributed by atoms with Crippen LogP contribution in [0.4, 0.5) is 27.8 Å². The molecule has 1 aliphatic heterocycles. The van der Waals surface area contributed by atoms with Crippen LogP contribution in [-0.4, -0.2) is 69.2 Å². The van der Waals surface area contributed by atoms with Crippen molar-refractivity contribution in [2.45, 2.75) is 64.3 Å². The Hall–Kier alpha value is -2.87. The lowest BCUT2D eigenvalue weighted by molar-refractivity contribution is -0.138. The van der Waals surface area contributed by atoms with Crippen molar-refractivity contribution in [1.29, 1.82) is 0 Å². The highest BCUT2D eigenvalue weighted by molar-refractivity contribution is 7.17. The van der Waals surface area contributed by atoms with Gasteiger partial charge in [-0.1, -0.05) is 0 Å². The molecule has 0 radical (unpaired) electrons. The summed E-state index contributed by atoms with van der Waals surface area (Å²) in [5, 5.41) is 13.6. The minimum Gasteiger partial charge on any atom is -0.394 e. The molecule has 3 N–H and O–H groups in total. The molecule has 36 heavy (non-hydrogen) atoms. The number of aromatic nitrogens is 2. The molecule has 2 amide bonds. The molecule has 0 saturated carbocycles. The number of hydrogen-bond acceptors (Lipinski definition) is 7. The lowest BCUT2D eigenvalue weighted by Gasteiger charge is -2.21. The van der Waals surface area contributed by atoms with Gasteiger partial charge in [-0.25, -0.2) is 18.7 Å². The number of carbonyl (C=O) groups is 2. The fourth-order valence-electron chi connectivity index (χ4n) is 3.67. The summed E-state index contributed by atoms with van der Waals surface area (Å²) in [4.78, 5) is 35.5. The van der Waals surface area contributed by atoms with Gasteiger partial charge in [0.1, 0.15) is 17.6 Å². The predicted octanol–water partition coefficient (Wildman–Crippen LogP) is 4.24. The van der Waals surface area contributed by atoms with Crippen molar-refractivity contribution in [3.63, 3.8) is 0 Å². The number of likely N-dealkylation sites (tertiary alicyclic amines) is 1. The summed E-state index contributed by atoms with van der Waals surface area (Å²) >= 11 is 0.691. The quantitative estimate of drug-likeness (QED) is 0.437. The summed E-state index contributed by atoms with van der Waals surface area (Å²) in [5.74, 6) is -1.67. The third-order valence-electron chi connectivity index (χ3n) is 5.76. The topological polar surface area (TPSA) is 107 Å². The van der Waals surface area contributed by atoms with E-state index >= 15 is 0 Å². The number of thiazole rings is 1. The van der Waals surface area contributed by atoms with E-state index in [1.54, 1.807) is 0 Å². The number of pyridine rings is 1. The van der Waals surface area contributed by atoms with Gasteiger partial charge in [0.25, 0.3) is 18.2 Å². The highest BCUT2D eigenvalue weighted by Crippen LogP contribution is 2.39. The van der Waals surface area contributed by atoms with E-state index in [0.29, 0.717) is 17.9 Å². The van der Waals surface area contributed by atoms with Crippen LogP contribution < -0.4 is 10.6 Å². The molecule has 1 fully saturated rings. The number of rotatable bonds is 8. The van der Waals surface area contributed by atoms with Crippen molar-refractivity contribution in [2.75, 3.05) is 18.5 Å². The average molecular weight is 536 g/mol. The largest absolute Gasteiger partial charge is 0.408 e. The second kappa shape index (κ2) is 11.0. The fraction of sp³-hybridized carbons (Fsp3) is 0.545. The van der Waals surface area contributed by atoms with Gasteiger partial charge in [-0.05, 0) is 39.7 Å². The number of anilines is 1. The smallest absolute Gasteiger partial charge is 0.394 e. The Kier molecular flexibility index (Phi) is 8.49. The van der Waals surface area contributed by atoms with E-state index < -0.39 is 47.9 Å². The molecule has 3 heterocycles. The Morgan fingerprint density at radius 1 is 1.31 bits per heavy atom. The molecule has 3 atom stereocenters. The molecule has 14 heteroatoms. The van der Waals surface area contributed by atoms with Gasteiger partial charge in [-0.2, -0.15) is 13.2 Å². The molecule has 2 aromatic heterocycles. The molecule has 0 aromatic carbocycles. The van der Waals surface area contributed by atoms with Gasteiger partial charge in [0.2, 0.25) is 0 Å². The van der Waals surface area contributed by atoms with Crippen LogP contribution in [-0.2, 0) is 0 Å². The van der Waals surface area contributed by atoms with Crippen LogP contribution in [0.1, 0.15) is 65.9 Å². The van der Waals surface area contributed by atoms with Crippen LogP contribution in [0, 0.1) is 0 Å². The average Bonchev–Trinajstić information content (AvgIpc) is 3.44. The zero-order chi connectivity index (χ0) is 26.8. The minimum absolute atomic E-state index is 0.0425. The summed E-state index contributed by atoms with van der Waals surface area (Å²) in [7, 11) is 0. The first-order valence-corrected chi connectivity index (χ1v) is 12.0. The van der Waals surface area contributed by atoms with Gasteiger partial charge in [0.15, 0.2) is 5.01 Å². The first kappa shape index (κ1) is 27.7. The van der Waals surface area contributed by atoms with Crippen LogP contribution in [0.3, 0.4) is 0 Å². The Bertz CT molecular complexity index is 1110. The van der Waals surface area contributed by atoms with Gasteiger partial charge in [0, 0.05) is 36.0 Å². The molecule has 1 aliphatic rings. The van der Waals surface area contributed by atoms with Crippen LogP contribution in [0.25, 0.3) is 10.4 Å². The highest BCUT2D eigenvalue weighted by atomic mass is 32.1. The van der Waals surface area contributed by atoms with E-state index in [2.05, 4.69) is 20.6 Å². The van der Waals surface area contributed by atoms with Crippen LogP contribution in [0.5, 0.6) is 0 Å². The fourth-order valence-corrected chi connectivity index (χ4v) is 4.66. The van der Waals surface area contributed by atoms with Crippen molar-refractivity contribution < 1.29 is 36.6 Å². The number of halogens is 5. The van der Waals surface area contributed by atoms with E-state index in [4.69, 9.17) is 0 Å². The molecular weight excluding hydrogens is 509 g/mol. The van der Waals surface area contributed by atoms with E-state index in [0.717, 1.165) is 32.0 Å². The predicted molar refractivity (Wildman–Crippen MR) is 123 cm³/mol. The lowest BCUT2D eigenvalue weighted by Crippen LogP contribution is -2.35. The number of alkyl halides is 5. The standard InChI is InChI=1S/C22H26F5N5O3S/c1-10(9-33)29-19(34)20-31-16(21(35)32-6-4-5-11(32)2)17(36-20)14-8-28-15(7-13(14)18(23)24)30-12(3)22(25,26)27/h7-8,10-12,18,33H,4-6,9H2,1-3H3,(H,28,30)(H,29,34). The molecule has 0 spiro atoms. The van der Waals surface area contributed by atoms with Gasteiger partial charge in [-0.3, -0.25) is 9.59 Å². The number of nitrogens with zero attached hydrogens (tertiary/aromatic N) is 3. The Morgan fingerprint density at radius 3 is 2.56 bits per heavy atom. The van der Waals surface area contributed by atoms with Gasteiger partial charge >= 0.3 is 6.18 Å². The van der Waals surface area contributed by atoms with Gasteiger partial charge < -0.3 is 20.6 Å². The monoisotopic (exact) mass is 535 g/mol. The van der Waals surface area contributed by atoms with E-state index in [1.807, 2.05) is 6.92 Å². The Balaban J connectivity index is 2.09. The van der Waals surface area contributed by atoms with Gasteiger partial charge in [0.05, 0.1) is 11.5 Å². The first-order chi connectivity index (χ1) is 16.8. The van der Waals surface area contributed by atoms with Crippen LogP contribution >= 0.6 is 11.3 Å². The van der Waals surface area contributed by atoms with Crippen molar-refractivity contribution in [2.24, 2.45) is 0 Å². The SMILES string of the molecule is CC(CO)NC(=O)c1nc(C(=O)N2CCCC2C)c(-c2cnc(NC(C)C(F)(F)F)cc2C(F)F)s1.